The van der Waals surface area contributed by atoms with E-state index >= 15 is 0 Å². The zero-order valence-electron chi connectivity index (χ0n) is 13.9. The number of carbonyl (C=O) groups is 1. The molecule has 1 fully saturated rings. The quantitative estimate of drug-likeness (QED) is 0.684. The molecule has 8 heteroatoms. The van der Waals surface area contributed by atoms with Crippen LogP contribution in [0.3, 0.4) is 0 Å². The van der Waals surface area contributed by atoms with E-state index in [-0.39, 0.29) is 11.7 Å². The van der Waals surface area contributed by atoms with Crippen LogP contribution in [0.2, 0.25) is 0 Å². The largest absolute Gasteiger partial charge is 0.353 e. The molecule has 1 saturated heterocycles. The van der Waals surface area contributed by atoms with Crippen LogP contribution in [0.4, 0.5) is 22.0 Å². The number of para-hydroxylation sites is 1. The molecule has 0 aliphatic carbocycles. The molecule has 0 unspecified atom stereocenters. The van der Waals surface area contributed by atoms with Gasteiger partial charge in [-0.15, -0.1) is 0 Å². The highest BCUT2D eigenvalue weighted by molar-refractivity contribution is 5.89. The number of nitrogens with one attached hydrogen (secondary N) is 1. The van der Waals surface area contributed by atoms with E-state index in [1.54, 1.807) is 4.90 Å². The van der Waals surface area contributed by atoms with Crippen molar-refractivity contribution in [3.63, 3.8) is 0 Å². The van der Waals surface area contributed by atoms with Crippen LogP contribution in [0.5, 0.6) is 0 Å². The average Bonchev–Trinajstić information content (AvgIpc) is 2.62. The molecule has 0 atom stereocenters. The number of amides is 2. The molecule has 1 N–H and O–H groups in total. The Morgan fingerprint density at radius 1 is 1.20 bits per heavy atom. The summed E-state index contributed by atoms with van der Waals surface area (Å²) < 4.78 is 0. The number of anilines is 2. The third kappa shape index (κ3) is 3.85. The van der Waals surface area contributed by atoms with E-state index in [0.717, 1.165) is 17.1 Å². The fraction of sp³-hybridized carbons (Fsp3) is 0.294. The van der Waals surface area contributed by atoms with Crippen molar-refractivity contribution in [1.82, 2.24) is 9.88 Å². The number of rotatable bonds is 3. The molecule has 130 valence electrons. The van der Waals surface area contributed by atoms with Gasteiger partial charge in [-0.2, -0.15) is 0 Å². The third-order valence-corrected chi connectivity index (χ3v) is 4.14. The number of aryl methyl sites for hydroxylation is 1. The minimum absolute atomic E-state index is 0.0119. The molecule has 0 bridgehead atoms. The van der Waals surface area contributed by atoms with Crippen molar-refractivity contribution in [2.75, 3.05) is 36.4 Å². The number of benzene rings is 1. The van der Waals surface area contributed by atoms with Gasteiger partial charge in [0.25, 0.3) is 5.69 Å². The van der Waals surface area contributed by atoms with Gasteiger partial charge in [-0.25, -0.2) is 9.78 Å². The first-order valence-electron chi connectivity index (χ1n) is 8.01. The second-order valence-electron chi connectivity index (χ2n) is 5.86. The Hall–Kier alpha value is -3.16. The van der Waals surface area contributed by atoms with Crippen LogP contribution in [0, 0.1) is 17.0 Å². The first-order valence-corrected chi connectivity index (χ1v) is 8.01. The first-order chi connectivity index (χ1) is 12.0. The molecule has 0 radical (unpaired) electrons. The maximum Gasteiger partial charge on any atom is 0.321 e. The maximum atomic E-state index is 12.3. The molecule has 2 heterocycles. The number of nitrogens with zero attached hydrogens (tertiary/aromatic N) is 4. The third-order valence-electron chi connectivity index (χ3n) is 4.14. The Labute approximate surface area is 145 Å². The summed E-state index contributed by atoms with van der Waals surface area (Å²) in [5, 5.41) is 13.7. The number of pyridine rings is 1. The van der Waals surface area contributed by atoms with E-state index in [1.165, 1.54) is 12.3 Å². The van der Waals surface area contributed by atoms with Crippen molar-refractivity contribution in [3.05, 3.63) is 58.3 Å². The van der Waals surface area contributed by atoms with Gasteiger partial charge < -0.3 is 15.1 Å². The number of nitro groups is 1. The van der Waals surface area contributed by atoms with Crippen LogP contribution < -0.4 is 10.2 Å². The standard InChI is InChI=1S/C17H19N5O3/c1-13-11-15(22(24)25)12-18-16(13)20-7-9-21(10-8-20)17(23)19-14-5-3-2-4-6-14/h2-6,11-12H,7-10H2,1H3,(H,19,23). The van der Waals surface area contributed by atoms with Crippen molar-refractivity contribution in [2.24, 2.45) is 0 Å². The number of aromatic nitrogens is 1. The minimum atomic E-state index is -0.449. The average molecular weight is 341 g/mol. The Balaban J connectivity index is 1.60. The zero-order valence-corrected chi connectivity index (χ0v) is 13.9. The van der Waals surface area contributed by atoms with Crippen molar-refractivity contribution in [1.29, 1.82) is 0 Å². The van der Waals surface area contributed by atoms with Crippen LogP contribution in [0.1, 0.15) is 5.56 Å². The van der Waals surface area contributed by atoms with Gasteiger partial charge in [0.15, 0.2) is 0 Å². The molecule has 1 aromatic carbocycles. The van der Waals surface area contributed by atoms with Crippen molar-refractivity contribution < 1.29 is 9.72 Å². The summed E-state index contributed by atoms with van der Waals surface area (Å²) in [5.41, 5.74) is 1.52. The Bertz CT molecular complexity index is 773. The van der Waals surface area contributed by atoms with Crippen LogP contribution in [-0.2, 0) is 0 Å². The molecular formula is C17H19N5O3. The van der Waals surface area contributed by atoms with Crippen molar-refractivity contribution in [2.45, 2.75) is 6.92 Å². The van der Waals surface area contributed by atoms with E-state index in [0.29, 0.717) is 26.2 Å². The van der Waals surface area contributed by atoms with Gasteiger partial charge in [0.1, 0.15) is 12.0 Å². The second kappa shape index (κ2) is 7.16. The highest BCUT2D eigenvalue weighted by Gasteiger charge is 2.23. The molecule has 8 nitrogen and oxygen atoms in total. The van der Waals surface area contributed by atoms with E-state index in [4.69, 9.17) is 0 Å². The molecule has 0 saturated carbocycles. The number of piperazine rings is 1. The number of hydrogen-bond acceptors (Lipinski definition) is 5. The minimum Gasteiger partial charge on any atom is -0.353 e. The fourth-order valence-electron chi connectivity index (χ4n) is 2.83. The lowest BCUT2D eigenvalue weighted by atomic mass is 10.2. The summed E-state index contributed by atoms with van der Waals surface area (Å²) >= 11 is 0. The Morgan fingerprint density at radius 2 is 1.88 bits per heavy atom. The van der Waals surface area contributed by atoms with Crippen LogP contribution >= 0.6 is 0 Å². The van der Waals surface area contributed by atoms with Crippen LogP contribution in [0.15, 0.2) is 42.6 Å². The summed E-state index contributed by atoms with van der Waals surface area (Å²) in [5.74, 6) is 0.730. The van der Waals surface area contributed by atoms with Gasteiger partial charge in [-0.05, 0) is 24.6 Å². The van der Waals surface area contributed by atoms with Gasteiger partial charge in [0.2, 0.25) is 0 Å². The Morgan fingerprint density at radius 3 is 2.48 bits per heavy atom. The lowest BCUT2D eigenvalue weighted by Gasteiger charge is -2.35. The van der Waals surface area contributed by atoms with Crippen molar-refractivity contribution in [3.8, 4) is 0 Å². The summed E-state index contributed by atoms with van der Waals surface area (Å²) in [6.07, 6.45) is 1.27. The van der Waals surface area contributed by atoms with E-state index in [1.807, 2.05) is 42.2 Å². The number of hydrogen-bond donors (Lipinski definition) is 1. The molecule has 2 aromatic rings. The zero-order chi connectivity index (χ0) is 17.8. The molecule has 1 aliphatic rings. The Kier molecular flexibility index (Phi) is 4.78. The highest BCUT2D eigenvalue weighted by atomic mass is 16.6. The maximum absolute atomic E-state index is 12.3. The molecular weight excluding hydrogens is 322 g/mol. The SMILES string of the molecule is Cc1cc([N+](=O)[O-])cnc1N1CCN(C(=O)Nc2ccccc2)CC1. The van der Waals surface area contributed by atoms with Gasteiger partial charge in [-0.3, -0.25) is 10.1 Å². The normalized spacial score (nSPS) is 14.3. The monoisotopic (exact) mass is 341 g/mol. The smallest absolute Gasteiger partial charge is 0.321 e. The summed E-state index contributed by atoms with van der Waals surface area (Å²) in [6, 6.07) is 10.7. The van der Waals surface area contributed by atoms with E-state index in [9.17, 15) is 14.9 Å². The molecule has 0 spiro atoms. The topological polar surface area (TPSA) is 91.6 Å². The van der Waals surface area contributed by atoms with Crippen molar-refractivity contribution >= 4 is 23.2 Å². The lowest BCUT2D eigenvalue weighted by molar-refractivity contribution is -0.385. The van der Waals surface area contributed by atoms with Gasteiger partial charge in [-0.1, -0.05) is 18.2 Å². The number of carbonyl (C=O) groups excluding carboxylic acids is 1. The number of urea groups is 1. The summed E-state index contributed by atoms with van der Waals surface area (Å²) in [7, 11) is 0. The molecule has 3 rings (SSSR count). The van der Waals surface area contributed by atoms with Gasteiger partial charge >= 0.3 is 6.03 Å². The van der Waals surface area contributed by atoms with Crippen LogP contribution in [-0.4, -0.2) is 47.0 Å². The van der Waals surface area contributed by atoms with Gasteiger partial charge in [0.05, 0.1) is 4.92 Å². The summed E-state index contributed by atoms with van der Waals surface area (Å²) in [6.45, 7) is 4.21. The molecule has 25 heavy (non-hydrogen) atoms. The van der Waals surface area contributed by atoms with Crippen LogP contribution in [0.25, 0.3) is 0 Å². The van der Waals surface area contributed by atoms with E-state index in [2.05, 4.69) is 10.3 Å². The fourth-order valence-corrected chi connectivity index (χ4v) is 2.83. The lowest BCUT2D eigenvalue weighted by Crippen LogP contribution is -2.50. The highest BCUT2D eigenvalue weighted by Crippen LogP contribution is 2.22. The van der Waals surface area contributed by atoms with Gasteiger partial charge in [0, 0.05) is 37.9 Å². The molecule has 1 aliphatic heterocycles. The second-order valence-corrected chi connectivity index (χ2v) is 5.86. The first kappa shape index (κ1) is 16.7. The van der Waals surface area contributed by atoms with E-state index < -0.39 is 4.92 Å². The predicted molar refractivity (Wildman–Crippen MR) is 94.9 cm³/mol. The predicted octanol–water partition coefficient (Wildman–Crippen LogP) is 2.65. The molecule has 1 aromatic heterocycles. The summed E-state index contributed by atoms with van der Waals surface area (Å²) in [4.78, 5) is 30.7. The molecule has 2 amide bonds.